The summed E-state index contributed by atoms with van der Waals surface area (Å²) >= 11 is 0. The highest BCUT2D eigenvalue weighted by molar-refractivity contribution is 4.58. The predicted molar refractivity (Wildman–Crippen MR) is 124 cm³/mol. The molecule has 0 aromatic rings. The minimum atomic E-state index is -0.570. The first-order chi connectivity index (χ1) is 13.8. The molecule has 0 aromatic carbocycles. The smallest absolute Gasteiger partial charge is 0.100 e. The van der Waals surface area contributed by atoms with E-state index in [1.807, 2.05) is 0 Å². The summed E-state index contributed by atoms with van der Waals surface area (Å²) < 4.78 is 13.9. The summed E-state index contributed by atoms with van der Waals surface area (Å²) in [7, 11) is 0. The van der Waals surface area contributed by atoms with Crippen molar-refractivity contribution in [2.75, 3.05) is 6.61 Å². The quantitative estimate of drug-likeness (QED) is 0.160. The third-order valence-electron chi connectivity index (χ3n) is 6.05. The zero-order chi connectivity index (χ0) is 20.5. The van der Waals surface area contributed by atoms with Crippen LogP contribution in [-0.2, 0) is 0 Å². The lowest BCUT2D eigenvalue weighted by Gasteiger charge is -2.08. The van der Waals surface area contributed by atoms with E-state index >= 15 is 0 Å². The van der Waals surface area contributed by atoms with Gasteiger partial charge in [0.1, 0.15) is 6.17 Å². The molecule has 28 heavy (non-hydrogen) atoms. The molecular formula is C26H53FO. The Morgan fingerprint density at radius 2 is 0.750 bits per heavy atom. The molecule has 0 aliphatic rings. The Balaban J connectivity index is 3.10. The fraction of sp³-hybridized carbons (Fsp3) is 1.00. The third kappa shape index (κ3) is 23.9. The van der Waals surface area contributed by atoms with Crippen molar-refractivity contribution >= 4 is 0 Å². The second-order valence-electron chi connectivity index (χ2n) is 8.97. The van der Waals surface area contributed by atoms with Crippen LogP contribution in [-0.4, -0.2) is 17.9 Å². The van der Waals surface area contributed by atoms with Crippen LogP contribution >= 0.6 is 0 Å². The lowest BCUT2D eigenvalue weighted by Crippen LogP contribution is -2.00. The fourth-order valence-corrected chi connectivity index (χ4v) is 4.07. The van der Waals surface area contributed by atoms with E-state index in [0.717, 1.165) is 44.9 Å². The van der Waals surface area contributed by atoms with E-state index in [-0.39, 0.29) is 0 Å². The number of halogens is 1. The number of unbranched alkanes of at least 4 members (excludes halogenated alkanes) is 19. The number of alkyl halides is 1. The molecule has 1 unspecified atom stereocenters. The van der Waals surface area contributed by atoms with Crippen LogP contribution in [0.3, 0.4) is 0 Å². The molecule has 0 rings (SSSR count). The molecule has 0 spiro atoms. The Hall–Kier alpha value is -0.110. The van der Waals surface area contributed by atoms with Crippen molar-refractivity contribution < 1.29 is 9.50 Å². The normalized spacial score (nSPS) is 12.5. The lowest BCUT2D eigenvalue weighted by molar-refractivity contribution is 0.275. The molecule has 2 heteroatoms. The Morgan fingerprint density at radius 3 is 1.07 bits per heavy atom. The van der Waals surface area contributed by atoms with Crippen LogP contribution in [0, 0.1) is 0 Å². The summed E-state index contributed by atoms with van der Waals surface area (Å²) in [5.74, 6) is 0. The summed E-state index contributed by atoms with van der Waals surface area (Å²) in [5.41, 5.74) is 0. The molecule has 0 saturated heterocycles. The zero-order valence-corrected chi connectivity index (χ0v) is 19.4. The van der Waals surface area contributed by atoms with Crippen molar-refractivity contribution in [2.45, 2.75) is 161 Å². The van der Waals surface area contributed by atoms with Gasteiger partial charge in [0, 0.05) is 6.61 Å². The maximum Gasteiger partial charge on any atom is 0.100 e. The predicted octanol–water partition coefficient (Wildman–Crippen LogP) is 9.31. The number of rotatable bonds is 24. The van der Waals surface area contributed by atoms with Crippen LogP contribution in [0.4, 0.5) is 4.39 Å². The molecule has 0 fully saturated rings. The summed E-state index contributed by atoms with van der Waals surface area (Å²) in [6, 6.07) is 0. The standard InChI is InChI=1S/C26H53FO/c1-2-3-4-5-6-7-8-9-10-11-12-13-14-17-20-23-26(27)24-21-18-15-16-19-22-25-28/h26,28H,2-25H2,1H3. The molecule has 170 valence electrons. The van der Waals surface area contributed by atoms with Crippen LogP contribution in [0.1, 0.15) is 155 Å². The van der Waals surface area contributed by atoms with E-state index in [9.17, 15) is 4.39 Å². The van der Waals surface area contributed by atoms with Crippen LogP contribution in [0.15, 0.2) is 0 Å². The highest BCUT2D eigenvalue weighted by Gasteiger charge is 2.05. The fourth-order valence-electron chi connectivity index (χ4n) is 4.07. The van der Waals surface area contributed by atoms with E-state index in [0.29, 0.717) is 6.61 Å². The van der Waals surface area contributed by atoms with Crippen molar-refractivity contribution in [1.82, 2.24) is 0 Å². The van der Waals surface area contributed by atoms with Crippen molar-refractivity contribution in [3.05, 3.63) is 0 Å². The van der Waals surface area contributed by atoms with Crippen molar-refractivity contribution in [3.8, 4) is 0 Å². The van der Waals surface area contributed by atoms with E-state index in [4.69, 9.17) is 5.11 Å². The monoisotopic (exact) mass is 400 g/mol. The molecule has 0 radical (unpaired) electrons. The van der Waals surface area contributed by atoms with Gasteiger partial charge in [-0.25, -0.2) is 4.39 Å². The number of aliphatic hydroxyl groups is 1. The minimum absolute atomic E-state index is 0.311. The van der Waals surface area contributed by atoms with Crippen LogP contribution in [0.5, 0.6) is 0 Å². The van der Waals surface area contributed by atoms with Gasteiger partial charge in [0.2, 0.25) is 0 Å². The van der Waals surface area contributed by atoms with Gasteiger partial charge in [0.05, 0.1) is 0 Å². The van der Waals surface area contributed by atoms with Crippen LogP contribution in [0.25, 0.3) is 0 Å². The first-order valence-corrected chi connectivity index (χ1v) is 13.1. The molecule has 0 amide bonds. The maximum absolute atomic E-state index is 13.9. The van der Waals surface area contributed by atoms with Gasteiger partial charge in [-0.15, -0.1) is 0 Å². The van der Waals surface area contributed by atoms with Crippen molar-refractivity contribution in [2.24, 2.45) is 0 Å². The summed E-state index contributed by atoms with van der Waals surface area (Å²) in [6.45, 7) is 2.59. The Labute approximate surface area is 177 Å². The SMILES string of the molecule is CCCCCCCCCCCCCCCCCC(F)CCCCCCCCO. The van der Waals surface area contributed by atoms with Gasteiger partial charge in [-0.1, -0.05) is 135 Å². The molecule has 1 nitrogen and oxygen atoms in total. The second kappa shape index (κ2) is 24.9. The molecule has 1 atom stereocenters. The average Bonchev–Trinajstić information content (AvgIpc) is 2.70. The van der Waals surface area contributed by atoms with Gasteiger partial charge in [0.25, 0.3) is 0 Å². The maximum atomic E-state index is 13.9. The summed E-state index contributed by atoms with van der Waals surface area (Å²) in [6.07, 6.45) is 28.2. The van der Waals surface area contributed by atoms with E-state index < -0.39 is 6.17 Å². The molecule has 0 saturated carbocycles. The third-order valence-corrected chi connectivity index (χ3v) is 6.05. The first-order valence-electron chi connectivity index (χ1n) is 13.1. The second-order valence-corrected chi connectivity index (χ2v) is 8.97. The average molecular weight is 401 g/mol. The van der Waals surface area contributed by atoms with Crippen LogP contribution in [0.2, 0.25) is 0 Å². The Morgan fingerprint density at radius 1 is 0.464 bits per heavy atom. The molecule has 0 aromatic heterocycles. The van der Waals surface area contributed by atoms with E-state index in [1.165, 1.54) is 103 Å². The van der Waals surface area contributed by atoms with Gasteiger partial charge in [-0.3, -0.25) is 0 Å². The Kier molecular flexibility index (Phi) is 24.8. The molecular weight excluding hydrogens is 347 g/mol. The molecule has 0 aliphatic heterocycles. The van der Waals surface area contributed by atoms with Crippen molar-refractivity contribution in [1.29, 1.82) is 0 Å². The first kappa shape index (κ1) is 27.9. The summed E-state index contributed by atoms with van der Waals surface area (Å²) in [4.78, 5) is 0. The Bertz CT molecular complexity index is 269. The van der Waals surface area contributed by atoms with Crippen LogP contribution < -0.4 is 0 Å². The minimum Gasteiger partial charge on any atom is -0.396 e. The van der Waals surface area contributed by atoms with E-state index in [2.05, 4.69) is 6.92 Å². The van der Waals surface area contributed by atoms with Gasteiger partial charge in [-0.2, -0.15) is 0 Å². The zero-order valence-electron chi connectivity index (χ0n) is 19.4. The van der Waals surface area contributed by atoms with Gasteiger partial charge in [0.15, 0.2) is 0 Å². The highest BCUT2D eigenvalue weighted by Crippen LogP contribution is 2.17. The number of hydrogen-bond acceptors (Lipinski definition) is 1. The molecule has 0 heterocycles. The molecule has 0 bridgehead atoms. The largest absolute Gasteiger partial charge is 0.396 e. The van der Waals surface area contributed by atoms with Gasteiger partial charge >= 0.3 is 0 Å². The number of hydrogen-bond donors (Lipinski definition) is 1. The topological polar surface area (TPSA) is 20.2 Å². The van der Waals surface area contributed by atoms with Gasteiger partial charge in [-0.05, 0) is 19.3 Å². The van der Waals surface area contributed by atoms with Crippen molar-refractivity contribution in [3.63, 3.8) is 0 Å². The lowest BCUT2D eigenvalue weighted by atomic mass is 10.0. The van der Waals surface area contributed by atoms with Gasteiger partial charge < -0.3 is 5.11 Å². The molecule has 1 N–H and O–H groups in total. The molecule has 0 aliphatic carbocycles. The van der Waals surface area contributed by atoms with E-state index in [1.54, 1.807) is 0 Å². The highest BCUT2D eigenvalue weighted by atomic mass is 19.1. The summed E-state index contributed by atoms with van der Waals surface area (Å²) in [5, 5.41) is 8.72. The number of aliphatic hydroxyl groups excluding tert-OH is 1.